The molecule has 0 fully saturated rings. The third-order valence-electron chi connectivity index (χ3n) is 3.42. The lowest BCUT2D eigenvalue weighted by Gasteiger charge is -2.39. The summed E-state index contributed by atoms with van der Waals surface area (Å²) in [5, 5.41) is 0. The molecule has 0 aromatic heterocycles. The predicted molar refractivity (Wildman–Crippen MR) is 59.1 cm³/mol. The monoisotopic (exact) mass is 368 g/mol. The first-order valence-corrected chi connectivity index (χ1v) is 6.56. The lowest BCUT2D eigenvalue weighted by molar-refractivity contribution is -0.426. The van der Waals surface area contributed by atoms with Crippen molar-refractivity contribution in [3.05, 3.63) is 0 Å². The number of rotatable bonds is 8. The quantitative estimate of drug-likeness (QED) is 0.348. The SMILES string of the molecule is CCCCCC(C)C(F)(F)C(F)(F)C(F)(F)C(F)(F)C(F)(F)F. The number of hydrogen-bond donors (Lipinski definition) is 0. The fourth-order valence-corrected chi connectivity index (χ4v) is 1.78. The molecule has 11 heteroatoms. The molecular weight excluding hydrogens is 353 g/mol. The first kappa shape index (κ1) is 22.2. The maximum absolute atomic E-state index is 13.5. The van der Waals surface area contributed by atoms with Crippen molar-refractivity contribution < 1.29 is 48.3 Å². The summed E-state index contributed by atoms with van der Waals surface area (Å²) in [6.45, 7) is 2.01. The van der Waals surface area contributed by atoms with E-state index in [9.17, 15) is 48.3 Å². The predicted octanol–water partition coefficient (Wildman–Crippen LogP) is 6.31. The van der Waals surface area contributed by atoms with Crippen LogP contribution in [0, 0.1) is 5.92 Å². The van der Waals surface area contributed by atoms with Crippen LogP contribution < -0.4 is 0 Å². The van der Waals surface area contributed by atoms with Gasteiger partial charge in [-0.15, -0.1) is 0 Å². The van der Waals surface area contributed by atoms with Crippen molar-refractivity contribution in [2.24, 2.45) is 5.92 Å². The lowest BCUT2D eigenvalue weighted by atomic mass is 9.87. The Kier molecular flexibility index (Phi) is 6.40. The van der Waals surface area contributed by atoms with Crippen LogP contribution >= 0.6 is 0 Å². The van der Waals surface area contributed by atoms with E-state index in [1.54, 1.807) is 6.92 Å². The molecule has 0 saturated carbocycles. The molecular formula is C12H15F11. The van der Waals surface area contributed by atoms with Crippen LogP contribution in [0.2, 0.25) is 0 Å². The minimum atomic E-state index is -7.31. The van der Waals surface area contributed by atoms with Crippen LogP contribution in [-0.2, 0) is 0 Å². The Morgan fingerprint density at radius 3 is 1.43 bits per heavy atom. The van der Waals surface area contributed by atoms with Gasteiger partial charge < -0.3 is 0 Å². The summed E-state index contributed by atoms with van der Waals surface area (Å²) in [7, 11) is 0. The molecule has 140 valence electrons. The summed E-state index contributed by atoms with van der Waals surface area (Å²) in [5.41, 5.74) is 0. The zero-order valence-electron chi connectivity index (χ0n) is 12.1. The molecule has 0 spiro atoms. The molecule has 0 aliphatic heterocycles. The zero-order valence-corrected chi connectivity index (χ0v) is 12.1. The highest BCUT2D eigenvalue weighted by Crippen LogP contribution is 2.59. The van der Waals surface area contributed by atoms with Gasteiger partial charge in [0, 0.05) is 5.92 Å². The van der Waals surface area contributed by atoms with E-state index in [1.165, 1.54) is 0 Å². The van der Waals surface area contributed by atoms with Gasteiger partial charge in [0.2, 0.25) is 0 Å². The van der Waals surface area contributed by atoms with E-state index in [1.807, 2.05) is 0 Å². The standard InChI is InChI=1S/C12H15F11/c1-3-4-5-6-7(2)8(13,14)9(15,16)10(17,18)11(19,20)12(21,22)23/h7H,3-6H2,1-2H3. The first-order valence-electron chi connectivity index (χ1n) is 6.56. The molecule has 0 aliphatic rings. The summed E-state index contributed by atoms with van der Waals surface area (Å²) >= 11 is 0. The normalized spacial score (nSPS) is 16.6. The van der Waals surface area contributed by atoms with Crippen LogP contribution in [0.1, 0.15) is 39.5 Å². The molecule has 0 nitrogen and oxygen atoms in total. The average Bonchev–Trinajstić information content (AvgIpc) is 2.36. The number of unbranched alkanes of at least 4 members (excludes halogenated alkanes) is 2. The number of hydrogen-bond acceptors (Lipinski definition) is 0. The minimum Gasteiger partial charge on any atom is -0.199 e. The molecule has 1 atom stereocenters. The molecule has 0 aromatic rings. The topological polar surface area (TPSA) is 0 Å². The number of halogens is 11. The van der Waals surface area contributed by atoms with Gasteiger partial charge in [0.25, 0.3) is 0 Å². The molecule has 0 N–H and O–H groups in total. The Bertz CT molecular complexity index is 383. The Morgan fingerprint density at radius 2 is 1.09 bits per heavy atom. The molecule has 0 aromatic carbocycles. The van der Waals surface area contributed by atoms with Gasteiger partial charge in [-0.25, -0.2) is 0 Å². The number of alkyl halides is 11. The fraction of sp³-hybridized carbons (Fsp3) is 1.00. The molecule has 0 saturated heterocycles. The van der Waals surface area contributed by atoms with Gasteiger partial charge in [-0.1, -0.05) is 33.1 Å². The van der Waals surface area contributed by atoms with E-state index >= 15 is 0 Å². The molecule has 0 heterocycles. The molecule has 0 aliphatic carbocycles. The Labute approximate surface area is 125 Å². The highest BCUT2D eigenvalue weighted by molar-refractivity contribution is 5.07. The Morgan fingerprint density at radius 1 is 0.652 bits per heavy atom. The van der Waals surface area contributed by atoms with Crippen molar-refractivity contribution in [1.82, 2.24) is 0 Å². The summed E-state index contributed by atoms with van der Waals surface area (Å²) in [6.07, 6.45) is -7.19. The molecule has 23 heavy (non-hydrogen) atoms. The maximum atomic E-state index is 13.5. The third-order valence-corrected chi connectivity index (χ3v) is 3.42. The molecule has 0 rings (SSSR count). The second-order valence-corrected chi connectivity index (χ2v) is 5.24. The van der Waals surface area contributed by atoms with E-state index in [0.29, 0.717) is 13.3 Å². The van der Waals surface area contributed by atoms with Crippen molar-refractivity contribution in [1.29, 1.82) is 0 Å². The van der Waals surface area contributed by atoms with Gasteiger partial charge in [0.15, 0.2) is 0 Å². The van der Waals surface area contributed by atoms with Gasteiger partial charge in [0.05, 0.1) is 0 Å². The van der Waals surface area contributed by atoms with Gasteiger partial charge in [0.1, 0.15) is 0 Å². The third kappa shape index (κ3) is 3.67. The summed E-state index contributed by atoms with van der Waals surface area (Å²) < 4.78 is 141. The van der Waals surface area contributed by atoms with Crippen molar-refractivity contribution in [3.63, 3.8) is 0 Å². The van der Waals surface area contributed by atoms with E-state index < -0.39 is 42.2 Å². The van der Waals surface area contributed by atoms with Crippen LogP contribution in [0.25, 0.3) is 0 Å². The van der Waals surface area contributed by atoms with Gasteiger partial charge in [-0.2, -0.15) is 48.3 Å². The molecule has 0 bridgehead atoms. The van der Waals surface area contributed by atoms with Gasteiger partial charge in [-0.05, 0) is 6.42 Å². The van der Waals surface area contributed by atoms with Crippen LogP contribution in [0.3, 0.4) is 0 Å². The van der Waals surface area contributed by atoms with E-state index in [-0.39, 0.29) is 12.8 Å². The smallest absolute Gasteiger partial charge is 0.199 e. The average molecular weight is 368 g/mol. The van der Waals surface area contributed by atoms with Crippen molar-refractivity contribution in [2.45, 2.75) is 69.4 Å². The largest absolute Gasteiger partial charge is 0.460 e. The zero-order chi connectivity index (χ0) is 18.9. The van der Waals surface area contributed by atoms with Crippen LogP contribution in [0.5, 0.6) is 0 Å². The molecule has 0 amide bonds. The van der Waals surface area contributed by atoms with E-state index in [0.717, 1.165) is 0 Å². The first-order chi connectivity index (χ1) is 9.98. The van der Waals surface area contributed by atoms with Crippen LogP contribution in [-0.4, -0.2) is 29.9 Å². The van der Waals surface area contributed by atoms with Gasteiger partial charge in [-0.3, -0.25) is 0 Å². The Hall–Kier alpha value is -0.770. The second kappa shape index (κ2) is 6.62. The van der Waals surface area contributed by atoms with Crippen molar-refractivity contribution >= 4 is 0 Å². The molecule has 0 radical (unpaired) electrons. The second-order valence-electron chi connectivity index (χ2n) is 5.24. The highest BCUT2D eigenvalue weighted by Gasteiger charge is 2.87. The summed E-state index contributed by atoms with van der Waals surface area (Å²) in [4.78, 5) is 0. The summed E-state index contributed by atoms with van der Waals surface area (Å²) in [5.74, 6) is -29.8. The highest BCUT2D eigenvalue weighted by atomic mass is 19.4. The van der Waals surface area contributed by atoms with E-state index in [2.05, 4.69) is 0 Å². The van der Waals surface area contributed by atoms with Crippen LogP contribution in [0.4, 0.5) is 48.3 Å². The van der Waals surface area contributed by atoms with Crippen LogP contribution in [0.15, 0.2) is 0 Å². The Balaban J connectivity index is 5.66. The van der Waals surface area contributed by atoms with Gasteiger partial charge >= 0.3 is 29.9 Å². The van der Waals surface area contributed by atoms with Crippen molar-refractivity contribution in [3.8, 4) is 0 Å². The maximum Gasteiger partial charge on any atom is 0.460 e. The molecule has 1 unspecified atom stereocenters. The van der Waals surface area contributed by atoms with Crippen molar-refractivity contribution in [2.75, 3.05) is 0 Å². The fourth-order valence-electron chi connectivity index (χ4n) is 1.78. The lowest BCUT2D eigenvalue weighted by Crippen LogP contribution is -2.67. The summed E-state index contributed by atoms with van der Waals surface area (Å²) in [6, 6.07) is 0. The minimum absolute atomic E-state index is 0.0927. The van der Waals surface area contributed by atoms with E-state index in [4.69, 9.17) is 0 Å².